The molecule has 0 saturated heterocycles. The Morgan fingerprint density at radius 1 is 0.733 bits per heavy atom. The maximum Gasteiger partial charge on any atom is 0.0342 e. The summed E-state index contributed by atoms with van der Waals surface area (Å²) in [6, 6.07) is 30.6. The molecular formula is C29H31N. The molecule has 4 rings (SSSR count). The average Bonchev–Trinajstić information content (AvgIpc) is 2.80. The van der Waals surface area contributed by atoms with Gasteiger partial charge < -0.3 is 5.32 Å². The van der Waals surface area contributed by atoms with E-state index in [1.165, 1.54) is 53.6 Å². The summed E-state index contributed by atoms with van der Waals surface area (Å²) in [5, 5.41) is 3.71. The third-order valence-corrected chi connectivity index (χ3v) is 6.02. The Kier molecular flexibility index (Phi) is 6.82. The molecule has 1 aliphatic carbocycles. The van der Waals surface area contributed by atoms with E-state index in [2.05, 4.69) is 115 Å². The van der Waals surface area contributed by atoms with Gasteiger partial charge in [-0.1, -0.05) is 97.9 Å². The Hall–Kier alpha value is -3.06. The Morgan fingerprint density at radius 3 is 1.87 bits per heavy atom. The molecule has 0 unspecified atom stereocenters. The maximum absolute atomic E-state index is 3.71. The SMILES string of the molecule is CC1CCC(Nc2ccc(/C=C/C=C(c3ccccc3)c3ccccc3)cc2)CC1. The minimum atomic E-state index is 0.629. The predicted molar refractivity (Wildman–Crippen MR) is 130 cm³/mol. The highest BCUT2D eigenvalue weighted by atomic mass is 14.9. The van der Waals surface area contributed by atoms with Gasteiger partial charge in [-0.05, 0) is 66.0 Å². The Bertz CT molecular complexity index is 918. The van der Waals surface area contributed by atoms with Crippen molar-refractivity contribution in [3.63, 3.8) is 0 Å². The first kappa shape index (κ1) is 20.2. The average molecular weight is 394 g/mol. The molecule has 0 bridgehead atoms. The van der Waals surface area contributed by atoms with Crippen LogP contribution in [0.15, 0.2) is 97.1 Å². The molecular weight excluding hydrogens is 362 g/mol. The highest BCUT2D eigenvalue weighted by Crippen LogP contribution is 2.26. The molecule has 3 aromatic carbocycles. The lowest BCUT2D eigenvalue weighted by atomic mass is 9.87. The number of hydrogen-bond acceptors (Lipinski definition) is 1. The van der Waals surface area contributed by atoms with Crippen molar-refractivity contribution in [2.75, 3.05) is 5.32 Å². The number of nitrogens with one attached hydrogen (secondary N) is 1. The maximum atomic E-state index is 3.71. The van der Waals surface area contributed by atoms with Gasteiger partial charge in [-0.15, -0.1) is 0 Å². The minimum absolute atomic E-state index is 0.629. The lowest BCUT2D eigenvalue weighted by Gasteiger charge is -2.27. The fourth-order valence-electron chi connectivity index (χ4n) is 4.18. The van der Waals surface area contributed by atoms with Crippen LogP contribution >= 0.6 is 0 Å². The Balaban J connectivity index is 1.45. The quantitative estimate of drug-likeness (QED) is 0.421. The molecule has 1 nitrogen and oxygen atoms in total. The van der Waals surface area contributed by atoms with Crippen LogP contribution in [0.2, 0.25) is 0 Å². The standard InChI is InChI=1S/C29H31N/c1-23-15-19-27(20-16-23)30-28-21-17-24(18-22-28)9-8-14-29(25-10-4-2-5-11-25)26-12-6-3-7-13-26/h2-14,17-18,21-23,27,30H,15-16,19-20H2,1H3/b9-8+. The first-order valence-electron chi connectivity index (χ1n) is 11.1. The van der Waals surface area contributed by atoms with Gasteiger partial charge >= 0.3 is 0 Å². The first-order valence-corrected chi connectivity index (χ1v) is 11.1. The van der Waals surface area contributed by atoms with Crippen LogP contribution in [0.3, 0.4) is 0 Å². The zero-order valence-corrected chi connectivity index (χ0v) is 17.8. The van der Waals surface area contributed by atoms with E-state index in [1.54, 1.807) is 0 Å². The molecule has 0 amide bonds. The highest BCUT2D eigenvalue weighted by Gasteiger charge is 2.17. The number of benzene rings is 3. The van der Waals surface area contributed by atoms with Crippen LogP contribution in [0.5, 0.6) is 0 Å². The van der Waals surface area contributed by atoms with Crippen molar-refractivity contribution in [1.29, 1.82) is 0 Å². The van der Waals surface area contributed by atoms with Crippen LogP contribution in [-0.4, -0.2) is 6.04 Å². The van der Waals surface area contributed by atoms with Gasteiger partial charge in [0.05, 0.1) is 0 Å². The van der Waals surface area contributed by atoms with Crippen molar-refractivity contribution in [2.45, 2.75) is 38.6 Å². The lowest BCUT2D eigenvalue weighted by Crippen LogP contribution is -2.25. The van der Waals surface area contributed by atoms with Gasteiger partial charge in [-0.2, -0.15) is 0 Å². The second-order valence-corrected chi connectivity index (χ2v) is 8.39. The monoisotopic (exact) mass is 393 g/mol. The second-order valence-electron chi connectivity index (χ2n) is 8.39. The summed E-state index contributed by atoms with van der Waals surface area (Å²) >= 11 is 0. The van der Waals surface area contributed by atoms with Crippen LogP contribution in [0.4, 0.5) is 5.69 Å². The fourth-order valence-corrected chi connectivity index (χ4v) is 4.18. The predicted octanol–water partition coefficient (Wildman–Crippen LogP) is 7.82. The van der Waals surface area contributed by atoms with E-state index in [-0.39, 0.29) is 0 Å². The molecule has 0 aromatic heterocycles. The van der Waals surface area contributed by atoms with Crippen LogP contribution in [0, 0.1) is 5.92 Å². The van der Waals surface area contributed by atoms with Gasteiger partial charge in [0.25, 0.3) is 0 Å². The van der Waals surface area contributed by atoms with Crippen molar-refractivity contribution in [3.8, 4) is 0 Å². The van der Waals surface area contributed by atoms with E-state index in [1.807, 2.05) is 0 Å². The van der Waals surface area contributed by atoms with Gasteiger partial charge in [0.1, 0.15) is 0 Å². The van der Waals surface area contributed by atoms with Gasteiger partial charge in [0, 0.05) is 11.7 Å². The van der Waals surface area contributed by atoms with Crippen molar-refractivity contribution >= 4 is 17.3 Å². The van der Waals surface area contributed by atoms with Crippen LogP contribution in [0.25, 0.3) is 11.6 Å². The number of hydrogen-bond donors (Lipinski definition) is 1. The van der Waals surface area contributed by atoms with Crippen LogP contribution in [0.1, 0.15) is 49.3 Å². The number of allylic oxidation sites excluding steroid dienone is 2. The molecule has 3 aromatic rings. The number of anilines is 1. The topological polar surface area (TPSA) is 12.0 Å². The van der Waals surface area contributed by atoms with Gasteiger partial charge in [-0.3, -0.25) is 0 Å². The van der Waals surface area contributed by atoms with Gasteiger partial charge in [0.15, 0.2) is 0 Å². The molecule has 30 heavy (non-hydrogen) atoms. The molecule has 0 spiro atoms. The van der Waals surface area contributed by atoms with E-state index >= 15 is 0 Å². The number of rotatable bonds is 6. The van der Waals surface area contributed by atoms with E-state index in [0.29, 0.717) is 6.04 Å². The highest BCUT2D eigenvalue weighted by molar-refractivity contribution is 5.81. The summed E-state index contributed by atoms with van der Waals surface area (Å²) in [4.78, 5) is 0. The summed E-state index contributed by atoms with van der Waals surface area (Å²) in [6.45, 7) is 2.37. The van der Waals surface area contributed by atoms with E-state index < -0.39 is 0 Å². The molecule has 1 N–H and O–H groups in total. The molecule has 1 aliphatic rings. The Labute approximate surface area is 181 Å². The minimum Gasteiger partial charge on any atom is -0.382 e. The summed E-state index contributed by atoms with van der Waals surface area (Å²) in [7, 11) is 0. The lowest BCUT2D eigenvalue weighted by molar-refractivity contribution is 0.361. The largest absolute Gasteiger partial charge is 0.382 e. The third-order valence-electron chi connectivity index (χ3n) is 6.02. The van der Waals surface area contributed by atoms with Gasteiger partial charge in [-0.25, -0.2) is 0 Å². The van der Waals surface area contributed by atoms with E-state index in [0.717, 1.165) is 5.92 Å². The summed E-state index contributed by atoms with van der Waals surface area (Å²) in [5.74, 6) is 0.889. The van der Waals surface area contributed by atoms with Crippen molar-refractivity contribution < 1.29 is 0 Å². The normalized spacial score (nSPS) is 18.8. The van der Waals surface area contributed by atoms with Crippen molar-refractivity contribution in [3.05, 3.63) is 114 Å². The molecule has 0 atom stereocenters. The molecule has 0 aliphatic heterocycles. The van der Waals surface area contributed by atoms with Gasteiger partial charge in [0.2, 0.25) is 0 Å². The van der Waals surface area contributed by atoms with E-state index in [9.17, 15) is 0 Å². The summed E-state index contributed by atoms with van der Waals surface area (Å²) < 4.78 is 0. The fraction of sp³-hybridized carbons (Fsp3) is 0.241. The molecule has 1 heteroatoms. The van der Waals surface area contributed by atoms with Crippen LogP contribution in [-0.2, 0) is 0 Å². The molecule has 1 fully saturated rings. The van der Waals surface area contributed by atoms with Crippen LogP contribution < -0.4 is 5.32 Å². The molecule has 152 valence electrons. The zero-order chi connectivity index (χ0) is 20.6. The first-order chi connectivity index (χ1) is 14.8. The second kappa shape index (κ2) is 10.1. The Morgan fingerprint density at radius 2 is 1.30 bits per heavy atom. The summed E-state index contributed by atoms with van der Waals surface area (Å²) in [5.41, 5.74) is 6.15. The molecule has 1 saturated carbocycles. The molecule has 0 heterocycles. The smallest absolute Gasteiger partial charge is 0.0342 e. The van der Waals surface area contributed by atoms with E-state index in [4.69, 9.17) is 0 Å². The third kappa shape index (κ3) is 5.51. The summed E-state index contributed by atoms with van der Waals surface area (Å²) in [6.07, 6.45) is 11.8. The zero-order valence-electron chi connectivity index (χ0n) is 17.8. The molecule has 0 radical (unpaired) electrons. The van der Waals surface area contributed by atoms with Crippen molar-refractivity contribution in [2.24, 2.45) is 5.92 Å². The van der Waals surface area contributed by atoms with Crippen molar-refractivity contribution in [1.82, 2.24) is 0 Å².